The Bertz CT molecular complexity index is 152. The van der Waals surface area contributed by atoms with Crippen LogP contribution in [0.5, 0.6) is 0 Å². The molecule has 0 bridgehead atoms. The second kappa shape index (κ2) is 11.7. The predicted octanol–water partition coefficient (Wildman–Crippen LogP) is 3.36. The second-order valence-corrected chi connectivity index (χ2v) is 1.55. The van der Waals surface area contributed by atoms with E-state index in [0.717, 1.165) is 5.71 Å². The van der Waals surface area contributed by atoms with Crippen molar-refractivity contribution in [2.75, 3.05) is 0 Å². The molecule has 0 rings (SSSR count). The predicted molar refractivity (Wildman–Crippen MR) is 54.0 cm³/mol. The fraction of sp³-hybridized carbons (Fsp3) is 0.300. The van der Waals surface area contributed by atoms with Gasteiger partial charge in [0.1, 0.15) is 0 Å². The molecule has 0 aromatic rings. The van der Waals surface area contributed by atoms with Crippen molar-refractivity contribution in [3.63, 3.8) is 0 Å². The van der Waals surface area contributed by atoms with E-state index < -0.39 is 0 Å². The first-order chi connectivity index (χ1) is 5.31. The average Bonchev–Trinajstić information content (AvgIpc) is 2.05. The van der Waals surface area contributed by atoms with E-state index >= 15 is 0 Å². The van der Waals surface area contributed by atoms with Crippen LogP contribution in [0.3, 0.4) is 0 Å². The van der Waals surface area contributed by atoms with E-state index in [4.69, 9.17) is 0 Å². The van der Waals surface area contributed by atoms with E-state index in [1.165, 1.54) is 6.20 Å². The Morgan fingerprint density at radius 1 is 1.27 bits per heavy atom. The van der Waals surface area contributed by atoms with Crippen LogP contribution in [0.25, 0.3) is 0 Å². The molecule has 1 nitrogen and oxygen atoms in total. The van der Waals surface area contributed by atoms with E-state index in [-0.39, 0.29) is 0 Å². The summed E-state index contributed by atoms with van der Waals surface area (Å²) in [4.78, 5) is 3.91. The maximum absolute atomic E-state index is 3.91. The molecule has 0 saturated carbocycles. The smallest absolute Gasteiger partial charge is 0.0372 e. The minimum Gasteiger partial charge on any atom is -0.262 e. The summed E-state index contributed by atoms with van der Waals surface area (Å²) in [5.41, 5.74) is 0.935. The molecule has 11 heavy (non-hydrogen) atoms. The fourth-order valence-electron chi connectivity index (χ4n) is 0.394. The van der Waals surface area contributed by atoms with Crippen molar-refractivity contribution < 1.29 is 0 Å². The van der Waals surface area contributed by atoms with Gasteiger partial charge >= 0.3 is 0 Å². The highest BCUT2D eigenvalue weighted by molar-refractivity contribution is 5.93. The number of allylic oxidation sites excluding steroid dienone is 3. The summed E-state index contributed by atoms with van der Waals surface area (Å²) in [5, 5.41) is 0. The largest absolute Gasteiger partial charge is 0.262 e. The van der Waals surface area contributed by atoms with Crippen LogP contribution >= 0.6 is 0 Å². The van der Waals surface area contributed by atoms with Crippen LogP contribution in [0, 0.1) is 0 Å². The van der Waals surface area contributed by atoms with Gasteiger partial charge in [-0.3, -0.25) is 4.99 Å². The highest BCUT2D eigenvalue weighted by Crippen LogP contribution is 1.81. The third-order valence-electron chi connectivity index (χ3n) is 0.768. The van der Waals surface area contributed by atoms with Gasteiger partial charge < -0.3 is 0 Å². The fourth-order valence-corrected chi connectivity index (χ4v) is 0.394. The van der Waals surface area contributed by atoms with Gasteiger partial charge in [-0.1, -0.05) is 39.2 Å². The minimum absolute atomic E-state index is 0.935. The van der Waals surface area contributed by atoms with Gasteiger partial charge in [-0.25, -0.2) is 0 Å². The molecule has 0 atom stereocenters. The van der Waals surface area contributed by atoms with Gasteiger partial charge in [-0.2, -0.15) is 0 Å². The Morgan fingerprint density at radius 2 is 1.82 bits per heavy atom. The van der Waals surface area contributed by atoms with Gasteiger partial charge in [0, 0.05) is 11.9 Å². The number of nitrogens with zero attached hydrogens (tertiary/aromatic N) is 1. The highest BCUT2D eigenvalue weighted by atomic mass is 14.7. The van der Waals surface area contributed by atoms with E-state index in [2.05, 4.69) is 18.2 Å². The van der Waals surface area contributed by atoms with Crippen molar-refractivity contribution in [1.82, 2.24) is 0 Å². The van der Waals surface area contributed by atoms with Crippen molar-refractivity contribution in [3.05, 3.63) is 37.6 Å². The molecule has 0 radical (unpaired) electrons. The van der Waals surface area contributed by atoms with Gasteiger partial charge in [-0.15, -0.1) is 0 Å². The summed E-state index contributed by atoms with van der Waals surface area (Å²) in [6, 6.07) is 0. The van der Waals surface area contributed by atoms with E-state index in [1.54, 1.807) is 6.08 Å². The molecular weight excluding hydrogens is 134 g/mol. The third-order valence-corrected chi connectivity index (χ3v) is 0.768. The van der Waals surface area contributed by atoms with Crippen LogP contribution in [0.15, 0.2) is 42.6 Å². The standard InChI is InChI=1S/C8H11N.C2H6/c1-4-6-7-8(3)9-5-2;1-2/h4-7H,1-2H2,3H3;1-2H3/b7-6-,9-8?;. The lowest BCUT2D eigenvalue weighted by Gasteiger charge is -1.82. The molecule has 62 valence electrons. The lowest BCUT2D eigenvalue weighted by molar-refractivity contribution is 1.50. The van der Waals surface area contributed by atoms with Gasteiger partial charge in [0.2, 0.25) is 0 Å². The van der Waals surface area contributed by atoms with Gasteiger partial charge in [-0.05, 0) is 13.0 Å². The van der Waals surface area contributed by atoms with Crippen molar-refractivity contribution in [3.8, 4) is 0 Å². The summed E-state index contributed by atoms with van der Waals surface area (Å²) >= 11 is 0. The molecule has 0 unspecified atom stereocenters. The number of rotatable bonds is 3. The summed E-state index contributed by atoms with van der Waals surface area (Å²) < 4.78 is 0. The molecular formula is C10H17N. The lowest BCUT2D eigenvalue weighted by Crippen LogP contribution is -1.79. The topological polar surface area (TPSA) is 12.4 Å². The third kappa shape index (κ3) is 12.2. The van der Waals surface area contributed by atoms with Gasteiger partial charge in [0.05, 0.1) is 0 Å². The molecule has 0 fully saturated rings. The van der Waals surface area contributed by atoms with Crippen LogP contribution in [0.4, 0.5) is 0 Å². The first-order valence-corrected chi connectivity index (χ1v) is 3.75. The van der Waals surface area contributed by atoms with Gasteiger partial charge in [0.15, 0.2) is 0 Å². The number of aliphatic imine (C=N–C) groups is 1. The molecule has 0 saturated heterocycles. The summed E-state index contributed by atoms with van der Waals surface area (Å²) in [6.45, 7) is 12.9. The monoisotopic (exact) mass is 151 g/mol. The minimum atomic E-state index is 0.935. The van der Waals surface area contributed by atoms with Crippen molar-refractivity contribution in [2.24, 2.45) is 4.99 Å². The molecule has 0 aliphatic carbocycles. The number of hydrogen-bond donors (Lipinski definition) is 0. The molecule has 1 heteroatoms. The zero-order valence-electron chi connectivity index (χ0n) is 7.67. The Hall–Kier alpha value is -1.11. The zero-order chi connectivity index (χ0) is 9.11. The van der Waals surface area contributed by atoms with Crippen LogP contribution in [0.1, 0.15) is 20.8 Å². The van der Waals surface area contributed by atoms with Crippen LogP contribution in [-0.2, 0) is 0 Å². The SMILES string of the molecule is C=C/C=C\C(C)=NC=C.CC. The lowest BCUT2D eigenvalue weighted by atomic mass is 10.3. The van der Waals surface area contributed by atoms with Gasteiger partial charge in [0.25, 0.3) is 0 Å². The number of hydrogen-bond acceptors (Lipinski definition) is 1. The molecule has 0 N–H and O–H groups in total. The molecule has 0 aromatic carbocycles. The quantitative estimate of drug-likeness (QED) is 0.433. The zero-order valence-corrected chi connectivity index (χ0v) is 7.67. The van der Waals surface area contributed by atoms with Crippen molar-refractivity contribution in [1.29, 1.82) is 0 Å². The van der Waals surface area contributed by atoms with Crippen LogP contribution < -0.4 is 0 Å². The molecule has 0 spiro atoms. The van der Waals surface area contributed by atoms with E-state index in [9.17, 15) is 0 Å². The summed E-state index contributed by atoms with van der Waals surface area (Å²) in [6.07, 6.45) is 6.93. The Kier molecular flexibility index (Phi) is 13.3. The maximum atomic E-state index is 3.91. The molecule has 0 aromatic heterocycles. The summed E-state index contributed by atoms with van der Waals surface area (Å²) in [7, 11) is 0. The molecule has 0 aliphatic heterocycles. The van der Waals surface area contributed by atoms with Crippen LogP contribution in [-0.4, -0.2) is 5.71 Å². The van der Waals surface area contributed by atoms with Crippen molar-refractivity contribution >= 4 is 5.71 Å². The Balaban J connectivity index is 0. The first kappa shape index (κ1) is 12.6. The first-order valence-electron chi connectivity index (χ1n) is 3.75. The molecule has 0 heterocycles. The normalized spacial score (nSPS) is 10.3. The van der Waals surface area contributed by atoms with E-state index in [1.807, 2.05) is 32.9 Å². The maximum Gasteiger partial charge on any atom is 0.0372 e. The Morgan fingerprint density at radius 3 is 2.18 bits per heavy atom. The van der Waals surface area contributed by atoms with Crippen LogP contribution in [0.2, 0.25) is 0 Å². The average molecular weight is 151 g/mol. The van der Waals surface area contributed by atoms with E-state index in [0.29, 0.717) is 0 Å². The molecule has 0 amide bonds. The second-order valence-electron chi connectivity index (χ2n) is 1.55. The summed E-state index contributed by atoms with van der Waals surface area (Å²) in [5.74, 6) is 0. The highest BCUT2D eigenvalue weighted by Gasteiger charge is 1.74. The molecule has 0 aliphatic rings. The van der Waals surface area contributed by atoms with Crippen molar-refractivity contribution in [2.45, 2.75) is 20.8 Å². The Labute approximate surface area is 69.9 Å².